The van der Waals surface area contributed by atoms with Crippen molar-refractivity contribution in [3.05, 3.63) is 29.3 Å². The Morgan fingerprint density at radius 1 is 1.02 bits per heavy atom. The predicted octanol–water partition coefficient (Wildman–Crippen LogP) is 0.622. The Balaban J connectivity index is 1.12. The maximum absolute atomic E-state index is 13.1. The lowest BCUT2D eigenvalue weighted by Gasteiger charge is -2.32. The smallest absolute Gasteiger partial charge is 0.407 e. The largest absolute Gasteiger partial charge is 0.444 e. The van der Waals surface area contributed by atoms with Gasteiger partial charge in [0.2, 0.25) is 17.7 Å². The molecule has 2 fully saturated rings. The van der Waals surface area contributed by atoms with E-state index in [1.54, 1.807) is 12.1 Å². The van der Waals surface area contributed by atoms with Gasteiger partial charge < -0.3 is 30.3 Å². The minimum absolute atomic E-state index is 0.0343. The molecule has 4 rings (SSSR count). The van der Waals surface area contributed by atoms with Gasteiger partial charge in [-0.05, 0) is 52.2 Å². The number of hydrogen-bond donors (Lipinski definition) is 4. The summed E-state index contributed by atoms with van der Waals surface area (Å²) >= 11 is 0. The first-order valence-electron chi connectivity index (χ1n) is 14.6. The molecule has 1 unspecified atom stereocenters. The van der Waals surface area contributed by atoms with Crippen molar-refractivity contribution in [3.63, 3.8) is 0 Å². The lowest BCUT2D eigenvalue weighted by atomic mass is 10.0. The molecule has 0 spiro atoms. The van der Waals surface area contributed by atoms with E-state index in [1.165, 1.54) is 6.07 Å². The molecule has 3 aliphatic heterocycles. The van der Waals surface area contributed by atoms with Gasteiger partial charge in [-0.2, -0.15) is 0 Å². The second-order valence-corrected chi connectivity index (χ2v) is 11.8. The van der Waals surface area contributed by atoms with Crippen LogP contribution in [0.25, 0.3) is 0 Å². The molecule has 14 heteroatoms. The molecule has 0 radical (unpaired) electrons. The maximum atomic E-state index is 13.1. The molecular formula is C29H40N6O8. The molecule has 234 valence electrons. The minimum atomic E-state index is -1.06. The fraction of sp³-hybridized carbons (Fsp3) is 0.586. The van der Waals surface area contributed by atoms with Crippen molar-refractivity contribution in [1.82, 2.24) is 25.8 Å². The van der Waals surface area contributed by atoms with Gasteiger partial charge in [0.15, 0.2) is 0 Å². The normalized spacial score (nSPS) is 19.6. The number of hydrogen-bond acceptors (Lipinski definition) is 10. The molecule has 0 aliphatic carbocycles. The van der Waals surface area contributed by atoms with Crippen LogP contribution in [0.5, 0.6) is 0 Å². The van der Waals surface area contributed by atoms with Crippen molar-refractivity contribution < 1.29 is 38.2 Å². The Morgan fingerprint density at radius 3 is 2.47 bits per heavy atom. The van der Waals surface area contributed by atoms with Gasteiger partial charge in [0.05, 0.1) is 30.9 Å². The average Bonchev–Trinajstić information content (AvgIpc) is 3.19. The highest BCUT2D eigenvalue weighted by molar-refractivity contribution is 6.25. The zero-order chi connectivity index (χ0) is 31.1. The number of alkyl carbamates (subject to hydrolysis) is 1. The van der Waals surface area contributed by atoms with Crippen LogP contribution < -0.4 is 21.3 Å². The van der Waals surface area contributed by atoms with Crippen LogP contribution in [0.3, 0.4) is 0 Å². The van der Waals surface area contributed by atoms with Crippen molar-refractivity contribution in [2.24, 2.45) is 0 Å². The number of ether oxygens (including phenoxy) is 2. The van der Waals surface area contributed by atoms with E-state index in [-0.39, 0.29) is 48.6 Å². The first-order chi connectivity index (χ1) is 20.4. The third-order valence-corrected chi connectivity index (χ3v) is 7.34. The highest BCUT2D eigenvalue weighted by atomic mass is 16.6. The molecule has 2 saturated heterocycles. The first-order valence-corrected chi connectivity index (χ1v) is 14.6. The number of carbonyl (C=O) groups excluding carboxylic acids is 6. The van der Waals surface area contributed by atoms with Crippen LogP contribution in [0.4, 0.5) is 10.5 Å². The Bertz CT molecular complexity index is 1250. The maximum Gasteiger partial charge on any atom is 0.407 e. The summed E-state index contributed by atoms with van der Waals surface area (Å²) in [6.45, 7) is 8.94. The van der Waals surface area contributed by atoms with Crippen molar-refractivity contribution in [2.45, 2.75) is 64.1 Å². The van der Waals surface area contributed by atoms with E-state index in [4.69, 9.17) is 9.47 Å². The van der Waals surface area contributed by atoms with Gasteiger partial charge in [0.25, 0.3) is 11.8 Å². The monoisotopic (exact) mass is 600 g/mol. The number of fused-ring (bicyclic) bond motifs is 1. The number of amides is 6. The van der Waals surface area contributed by atoms with Crippen LogP contribution >= 0.6 is 0 Å². The van der Waals surface area contributed by atoms with E-state index in [0.29, 0.717) is 25.4 Å². The number of nitrogens with zero attached hydrogens (tertiary/aromatic N) is 2. The summed E-state index contributed by atoms with van der Waals surface area (Å²) in [5.74, 6) is -2.70. The van der Waals surface area contributed by atoms with Crippen molar-refractivity contribution in [2.75, 3.05) is 51.3 Å². The highest BCUT2D eigenvalue weighted by Gasteiger charge is 2.45. The molecule has 1 atom stereocenters. The zero-order valence-electron chi connectivity index (χ0n) is 24.8. The second-order valence-electron chi connectivity index (χ2n) is 11.8. The minimum Gasteiger partial charge on any atom is -0.444 e. The molecule has 1 aromatic carbocycles. The van der Waals surface area contributed by atoms with Gasteiger partial charge in [-0.1, -0.05) is 6.07 Å². The van der Waals surface area contributed by atoms with Gasteiger partial charge in [0.1, 0.15) is 11.6 Å². The molecule has 43 heavy (non-hydrogen) atoms. The summed E-state index contributed by atoms with van der Waals surface area (Å²) in [6, 6.07) is 3.70. The molecule has 0 bridgehead atoms. The lowest BCUT2D eigenvalue weighted by molar-refractivity contribution is -0.136. The molecule has 0 saturated carbocycles. The van der Waals surface area contributed by atoms with Gasteiger partial charge in [0, 0.05) is 44.3 Å². The van der Waals surface area contributed by atoms with Gasteiger partial charge in [-0.25, -0.2) is 4.79 Å². The van der Waals surface area contributed by atoms with Crippen LogP contribution in [0, 0.1) is 0 Å². The predicted molar refractivity (Wildman–Crippen MR) is 154 cm³/mol. The van der Waals surface area contributed by atoms with Crippen LogP contribution in [0.1, 0.15) is 67.2 Å². The van der Waals surface area contributed by atoms with E-state index in [2.05, 4.69) is 26.2 Å². The third kappa shape index (κ3) is 8.51. The zero-order valence-corrected chi connectivity index (χ0v) is 24.8. The molecule has 0 aromatic heterocycles. The molecule has 3 aliphatic rings. The SMILES string of the molecule is CC(C)(C)OC(=O)NC1CCN(CCOCCNC(=O)CNc2cccc3c2C(=O)N(C2CCC(=O)NC2=O)C3=O)CC1. The highest BCUT2D eigenvalue weighted by Crippen LogP contribution is 2.32. The van der Waals surface area contributed by atoms with Gasteiger partial charge >= 0.3 is 6.09 Å². The molecule has 6 amide bonds. The summed E-state index contributed by atoms with van der Waals surface area (Å²) in [5, 5.41) is 10.8. The van der Waals surface area contributed by atoms with Crippen molar-refractivity contribution in [3.8, 4) is 0 Å². The van der Waals surface area contributed by atoms with E-state index in [1.807, 2.05) is 20.8 Å². The summed E-state index contributed by atoms with van der Waals surface area (Å²) in [4.78, 5) is 77.3. The topological polar surface area (TPSA) is 175 Å². The van der Waals surface area contributed by atoms with E-state index in [0.717, 1.165) is 37.4 Å². The lowest BCUT2D eigenvalue weighted by Crippen LogP contribution is -2.54. The van der Waals surface area contributed by atoms with E-state index < -0.39 is 35.3 Å². The first kappa shape index (κ1) is 31.9. The Morgan fingerprint density at radius 2 is 1.77 bits per heavy atom. The summed E-state index contributed by atoms with van der Waals surface area (Å²) in [6.07, 6.45) is 1.38. The fourth-order valence-electron chi connectivity index (χ4n) is 5.23. The summed E-state index contributed by atoms with van der Waals surface area (Å²) in [7, 11) is 0. The Hall–Kier alpha value is -4.04. The summed E-state index contributed by atoms with van der Waals surface area (Å²) in [5.41, 5.74) is 0.0168. The standard InChI is InChI=1S/C29H40N6O8/c1-29(2,3)43-28(41)32-18-9-12-34(13-10-18)14-16-42-15-11-30-23(37)17-31-20-6-4-5-19-24(20)27(40)35(26(19)39)21-7-8-22(36)33-25(21)38/h4-6,18,21,31H,7-17H2,1-3H3,(H,30,37)(H,32,41)(H,33,36,38). The number of piperidine rings is 2. The number of likely N-dealkylation sites (tertiary alicyclic amines) is 1. The van der Waals surface area contributed by atoms with Gasteiger partial charge in [-0.3, -0.25) is 34.2 Å². The van der Waals surface area contributed by atoms with Crippen LogP contribution in [-0.4, -0.2) is 109 Å². The average molecular weight is 601 g/mol. The molecule has 14 nitrogen and oxygen atoms in total. The van der Waals surface area contributed by atoms with Crippen LogP contribution in [0.15, 0.2) is 18.2 Å². The third-order valence-electron chi connectivity index (χ3n) is 7.34. The Kier molecular flexibility index (Phi) is 10.3. The molecule has 4 N–H and O–H groups in total. The second kappa shape index (κ2) is 14.0. The number of anilines is 1. The number of imide groups is 2. The quantitative estimate of drug-likeness (QED) is 0.208. The van der Waals surface area contributed by atoms with Crippen LogP contribution in [0.2, 0.25) is 0 Å². The number of nitrogens with one attached hydrogen (secondary N) is 4. The van der Waals surface area contributed by atoms with E-state index in [9.17, 15) is 28.8 Å². The van der Waals surface area contributed by atoms with Crippen molar-refractivity contribution >= 4 is 41.3 Å². The van der Waals surface area contributed by atoms with E-state index >= 15 is 0 Å². The van der Waals surface area contributed by atoms with Crippen LogP contribution in [-0.2, 0) is 23.9 Å². The van der Waals surface area contributed by atoms with Crippen molar-refractivity contribution in [1.29, 1.82) is 0 Å². The Labute approximate surface area is 250 Å². The fourth-order valence-corrected chi connectivity index (χ4v) is 5.23. The number of benzene rings is 1. The number of rotatable bonds is 11. The van der Waals surface area contributed by atoms with Gasteiger partial charge in [-0.15, -0.1) is 0 Å². The molecular weight excluding hydrogens is 560 g/mol. The number of carbonyl (C=O) groups is 6. The molecule has 3 heterocycles. The molecule has 1 aromatic rings. The summed E-state index contributed by atoms with van der Waals surface area (Å²) < 4.78 is 11.0.